The molecule has 0 bridgehead atoms. The highest BCUT2D eigenvalue weighted by molar-refractivity contribution is 5.94. The van der Waals surface area contributed by atoms with Gasteiger partial charge in [0, 0.05) is 32.0 Å². The van der Waals surface area contributed by atoms with Crippen LogP contribution in [0.4, 0.5) is 0 Å². The van der Waals surface area contributed by atoms with E-state index in [-0.39, 0.29) is 24.0 Å². The van der Waals surface area contributed by atoms with Gasteiger partial charge in [-0.25, -0.2) is 5.01 Å². The number of ether oxygens (including phenoxy) is 2. The Morgan fingerprint density at radius 2 is 1.80 bits per heavy atom. The molecule has 0 radical (unpaired) electrons. The second-order valence-corrected chi connectivity index (χ2v) is 8.77. The molecule has 2 aliphatic rings. The van der Waals surface area contributed by atoms with Gasteiger partial charge in [-0.1, -0.05) is 26.8 Å². The van der Waals surface area contributed by atoms with Gasteiger partial charge < -0.3 is 9.47 Å². The molecule has 8 heteroatoms. The number of fused-ring (bicyclic) bond motifs is 1. The normalized spacial score (nSPS) is 15.7. The number of amides is 2. The molecule has 2 aliphatic heterocycles. The Morgan fingerprint density at radius 3 is 2.53 bits per heavy atom. The van der Waals surface area contributed by atoms with Crippen molar-refractivity contribution in [3.8, 4) is 11.5 Å². The van der Waals surface area contributed by atoms with E-state index in [1.165, 1.54) is 0 Å². The molecule has 0 saturated carbocycles. The number of nitrogens with zero attached hydrogens (tertiary/aromatic N) is 4. The van der Waals surface area contributed by atoms with Gasteiger partial charge in [0.25, 0.3) is 5.91 Å². The fraction of sp³-hybridized carbons (Fsp3) is 0.500. The van der Waals surface area contributed by atoms with Crippen LogP contribution in [0.25, 0.3) is 0 Å². The summed E-state index contributed by atoms with van der Waals surface area (Å²) in [7, 11) is 1.77. The molecule has 0 spiro atoms. The molecule has 160 valence electrons. The van der Waals surface area contributed by atoms with Gasteiger partial charge in [-0.2, -0.15) is 5.10 Å². The summed E-state index contributed by atoms with van der Waals surface area (Å²) in [6.45, 7) is 7.50. The highest BCUT2D eigenvalue weighted by atomic mass is 16.7. The predicted octanol–water partition coefficient (Wildman–Crippen LogP) is 2.67. The molecule has 4 rings (SSSR count). The summed E-state index contributed by atoms with van der Waals surface area (Å²) in [6, 6.07) is 7.54. The number of hydrogen-bond acceptors (Lipinski definition) is 5. The molecule has 8 nitrogen and oxygen atoms in total. The van der Waals surface area contributed by atoms with Crippen LogP contribution in [0.5, 0.6) is 11.5 Å². The van der Waals surface area contributed by atoms with Crippen molar-refractivity contribution in [3.63, 3.8) is 0 Å². The summed E-state index contributed by atoms with van der Waals surface area (Å²) < 4.78 is 12.3. The monoisotopic (exact) mass is 412 g/mol. The van der Waals surface area contributed by atoms with Crippen molar-refractivity contribution in [2.45, 2.75) is 45.4 Å². The lowest BCUT2D eigenvalue weighted by Crippen LogP contribution is -2.45. The molecular weight excluding hydrogens is 384 g/mol. The van der Waals surface area contributed by atoms with E-state index in [1.54, 1.807) is 21.7 Å². The Labute approximate surface area is 176 Å². The molecule has 0 unspecified atom stereocenters. The van der Waals surface area contributed by atoms with Crippen LogP contribution in [0, 0.1) is 0 Å². The van der Waals surface area contributed by atoms with Gasteiger partial charge in [0.1, 0.15) is 5.69 Å². The van der Waals surface area contributed by atoms with E-state index in [2.05, 4.69) is 25.9 Å². The summed E-state index contributed by atoms with van der Waals surface area (Å²) in [6.07, 6.45) is 1.67. The number of carbonyl (C=O) groups is 2. The van der Waals surface area contributed by atoms with Gasteiger partial charge in [-0.15, -0.1) is 0 Å². The quantitative estimate of drug-likeness (QED) is 0.772. The van der Waals surface area contributed by atoms with Crippen LogP contribution in [-0.2, 0) is 23.7 Å². The number of rotatable bonds is 4. The predicted molar refractivity (Wildman–Crippen MR) is 110 cm³/mol. The van der Waals surface area contributed by atoms with Crippen LogP contribution in [0.15, 0.2) is 24.3 Å². The largest absolute Gasteiger partial charge is 0.454 e. The van der Waals surface area contributed by atoms with Crippen LogP contribution in [0.3, 0.4) is 0 Å². The summed E-state index contributed by atoms with van der Waals surface area (Å²) in [4.78, 5) is 26.1. The van der Waals surface area contributed by atoms with Crippen molar-refractivity contribution in [1.29, 1.82) is 0 Å². The second kappa shape index (κ2) is 7.66. The second-order valence-electron chi connectivity index (χ2n) is 8.77. The van der Waals surface area contributed by atoms with E-state index in [0.717, 1.165) is 23.4 Å². The summed E-state index contributed by atoms with van der Waals surface area (Å²) in [5.41, 5.74) is 2.20. The molecule has 2 aromatic rings. The number of carbonyl (C=O) groups excluding carboxylic acids is 2. The van der Waals surface area contributed by atoms with Gasteiger partial charge in [0.05, 0.1) is 5.69 Å². The number of aromatic nitrogens is 2. The first-order valence-electron chi connectivity index (χ1n) is 10.3. The van der Waals surface area contributed by atoms with E-state index in [4.69, 9.17) is 9.47 Å². The molecule has 30 heavy (non-hydrogen) atoms. The van der Waals surface area contributed by atoms with E-state index in [9.17, 15) is 9.59 Å². The molecule has 1 aromatic carbocycles. The number of hydrogen-bond donors (Lipinski definition) is 0. The first-order valence-corrected chi connectivity index (χ1v) is 10.3. The van der Waals surface area contributed by atoms with Gasteiger partial charge >= 0.3 is 0 Å². The Bertz CT molecular complexity index is 976. The summed E-state index contributed by atoms with van der Waals surface area (Å²) in [5.74, 6) is 1.20. The minimum atomic E-state index is -0.186. The molecule has 1 saturated heterocycles. The van der Waals surface area contributed by atoms with E-state index < -0.39 is 0 Å². The van der Waals surface area contributed by atoms with Crippen molar-refractivity contribution < 1.29 is 19.1 Å². The van der Waals surface area contributed by atoms with E-state index >= 15 is 0 Å². The lowest BCUT2D eigenvalue weighted by molar-refractivity contribution is -0.140. The van der Waals surface area contributed by atoms with Crippen LogP contribution < -0.4 is 9.47 Å². The average Bonchev–Trinajstić information content (AvgIpc) is 3.43. The van der Waals surface area contributed by atoms with Gasteiger partial charge in [0.15, 0.2) is 11.5 Å². The zero-order chi connectivity index (χ0) is 21.5. The summed E-state index contributed by atoms with van der Waals surface area (Å²) >= 11 is 0. The van der Waals surface area contributed by atoms with E-state index in [1.807, 2.05) is 24.3 Å². The van der Waals surface area contributed by atoms with Crippen molar-refractivity contribution in [2.24, 2.45) is 7.05 Å². The maximum Gasteiger partial charge on any atom is 0.290 e. The SMILES string of the molecule is Cn1nc(C(C)(C)C)cc1C(=O)N1CCCN1C(=O)CCc1ccc2c(c1)OCO2. The molecule has 0 atom stereocenters. The lowest BCUT2D eigenvalue weighted by atomic mass is 9.92. The minimum absolute atomic E-state index is 0.0586. The third-order valence-corrected chi connectivity index (χ3v) is 5.49. The highest BCUT2D eigenvalue weighted by Gasteiger charge is 2.33. The van der Waals surface area contributed by atoms with Crippen molar-refractivity contribution in [2.75, 3.05) is 19.9 Å². The molecule has 1 aromatic heterocycles. The van der Waals surface area contributed by atoms with Crippen LogP contribution >= 0.6 is 0 Å². The van der Waals surface area contributed by atoms with Crippen LogP contribution in [0.2, 0.25) is 0 Å². The number of hydrazine groups is 1. The number of aryl methyl sites for hydroxylation is 2. The van der Waals surface area contributed by atoms with Gasteiger partial charge in [0.2, 0.25) is 12.7 Å². The first kappa shape index (κ1) is 20.3. The van der Waals surface area contributed by atoms with Gasteiger partial charge in [-0.05, 0) is 36.6 Å². The van der Waals surface area contributed by atoms with Crippen LogP contribution in [0.1, 0.15) is 55.4 Å². The van der Waals surface area contributed by atoms with Gasteiger partial charge in [-0.3, -0.25) is 19.3 Å². The average molecular weight is 412 g/mol. The lowest BCUT2D eigenvalue weighted by Gasteiger charge is -2.28. The third-order valence-electron chi connectivity index (χ3n) is 5.49. The Hall–Kier alpha value is -3.03. The third kappa shape index (κ3) is 3.86. The maximum absolute atomic E-state index is 13.2. The molecule has 0 aliphatic carbocycles. The molecular formula is C22H28N4O4. The maximum atomic E-state index is 13.2. The van der Waals surface area contributed by atoms with Crippen LogP contribution in [-0.4, -0.2) is 51.5 Å². The Kier molecular flexibility index (Phi) is 5.17. The van der Waals surface area contributed by atoms with E-state index in [0.29, 0.717) is 37.4 Å². The standard InChI is InChI=1S/C22H28N4O4/c1-22(2,3)19-13-16(24(4)23-19)21(28)26-11-5-10-25(26)20(27)9-7-15-6-8-17-18(12-15)30-14-29-17/h6,8,12-13H,5,7,9-11,14H2,1-4H3. The fourth-order valence-corrected chi connectivity index (χ4v) is 3.73. The van der Waals surface area contributed by atoms with Crippen molar-refractivity contribution in [1.82, 2.24) is 19.8 Å². The number of benzene rings is 1. The topological polar surface area (TPSA) is 76.9 Å². The molecule has 2 amide bonds. The smallest absolute Gasteiger partial charge is 0.290 e. The fourth-order valence-electron chi connectivity index (χ4n) is 3.73. The zero-order valence-electron chi connectivity index (χ0n) is 18.0. The first-order chi connectivity index (χ1) is 14.2. The Morgan fingerprint density at radius 1 is 1.07 bits per heavy atom. The summed E-state index contributed by atoms with van der Waals surface area (Å²) in [5, 5.41) is 7.64. The molecule has 0 N–H and O–H groups in total. The molecule has 3 heterocycles. The van der Waals surface area contributed by atoms with Crippen molar-refractivity contribution in [3.05, 3.63) is 41.2 Å². The molecule has 1 fully saturated rings. The zero-order valence-corrected chi connectivity index (χ0v) is 18.0. The van der Waals surface area contributed by atoms with Crippen molar-refractivity contribution >= 4 is 11.8 Å². The Balaban J connectivity index is 1.43. The highest BCUT2D eigenvalue weighted by Crippen LogP contribution is 2.33. The minimum Gasteiger partial charge on any atom is -0.454 e.